The van der Waals surface area contributed by atoms with Crippen molar-refractivity contribution in [3.63, 3.8) is 0 Å². The van der Waals surface area contributed by atoms with Gasteiger partial charge in [-0.3, -0.25) is 4.79 Å². The molecule has 0 bridgehead atoms. The third kappa shape index (κ3) is 2.74. The summed E-state index contributed by atoms with van der Waals surface area (Å²) in [7, 11) is 0. The summed E-state index contributed by atoms with van der Waals surface area (Å²) in [5.74, 6) is 0.305. The standard InChI is InChI=1S/C12H23N3O/c13-10-11-4-3-8-15(11)12(16)5-9-14-6-1-2-7-14/h11H,1-10,13H2. The molecule has 2 fully saturated rings. The molecule has 0 saturated carbocycles. The van der Waals surface area contributed by atoms with Crippen molar-refractivity contribution in [2.24, 2.45) is 5.73 Å². The van der Waals surface area contributed by atoms with E-state index in [-0.39, 0.29) is 0 Å². The average molecular weight is 225 g/mol. The number of nitrogens with two attached hydrogens (primary N) is 1. The highest BCUT2D eigenvalue weighted by molar-refractivity contribution is 5.77. The number of carbonyl (C=O) groups excluding carboxylic acids is 1. The monoisotopic (exact) mass is 225 g/mol. The van der Waals surface area contributed by atoms with E-state index in [0.717, 1.165) is 25.9 Å². The topological polar surface area (TPSA) is 49.6 Å². The van der Waals surface area contributed by atoms with Gasteiger partial charge < -0.3 is 15.5 Å². The Bertz CT molecular complexity index is 238. The molecule has 1 amide bonds. The van der Waals surface area contributed by atoms with E-state index in [2.05, 4.69) is 4.90 Å². The van der Waals surface area contributed by atoms with E-state index in [9.17, 15) is 4.79 Å². The van der Waals surface area contributed by atoms with E-state index >= 15 is 0 Å². The molecule has 2 rings (SSSR count). The van der Waals surface area contributed by atoms with Gasteiger partial charge in [-0.25, -0.2) is 0 Å². The zero-order chi connectivity index (χ0) is 11.4. The summed E-state index contributed by atoms with van der Waals surface area (Å²) in [5, 5.41) is 0. The van der Waals surface area contributed by atoms with Gasteiger partial charge in [0.25, 0.3) is 0 Å². The van der Waals surface area contributed by atoms with Crippen LogP contribution in [0.5, 0.6) is 0 Å². The highest BCUT2D eigenvalue weighted by Crippen LogP contribution is 2.17. The van der Waals surface area contributed by atoms with E-state index in [4.69, 9.17) is 5.73 Å². The van der Waals surface area contributed by atoms with Gasteiger partial charge in [0, 0.05) is 32.1 Å². The van der Waals surface area contributed by atoms with Gasteiger partial charge in [0.2, 0.25) is 5.91 Å². The van der Waals surface area contributed by atoms with Gasteiger partial charge in [0.15, 0.2) is 0 Å². The number of likely N-dealkylation sites (tertiary alicyclic amines) is 2. The minimum Gasteiger partial charge on any atom is -0.338 e. The van der Waals surface area contributed by atoms with Crippen LogP contribution in [-0.4, -0.2) is 54.5 Å². The number of rotatable bonds is 4. The maximum Gasteiger partial charge on any atom is 0.224 e. The number of nitrogens with zero attached hydrogens (tertiary/aromatic N) is 2. The Morgan fingerprint density at radius 2 is 1.94 bits per heavy atom. The first-order chi connectivity index (χ1) is 7.81. The molecule has 4 nitrogen and oxygen atoms in total. The minimum absolute atomic E-state index is 0.305. The Morgan fingerprint density at radius 3 is 2.62 bits per heavy atom. The predicted molar refractivity (Wildman–Crippen MR) is 64.1 cm³/mol. The molecule has 92 valence electrons. The van der Waals surface area contributed by atoms with E-state index in [1.165, 1.54) is 25.9 Å². The van der Waals surface area contributed by atoms with Crippen LogP contribution in [0.3, 0.4) is 0 Å². The van der Waals surface area contributed by atoms with Crippen LogP contribution >= 0.6 is 0 Å². The van der Waals surface area contributed by atoms with Crippen molar-refractivity contribution in [3.8, 4) is 0 Å². The van der Waals surface area contributed by atoms with Crippen molar-refractivity contribution < 1.29 is 4.79 Å². The largest absolute Gasteiger partial charge is 0.338 e. The van der Waals surface area contributed by atoms with Crippen molar-refractivity contribution in [2.75, 3.05) is 32.7 Å². The highest BCUT2D eigenvalue weighted by atomic mass is 16.2. The van der Waals surface area contributed by atoms with Crippen molar-refractivity contribution in [1.29, 1.82) is 0 Å². The summed E-state index contributed by atoms with van der Waals surface area (Å²) in [6, 6.07) is 0.311. The van der Waals surface area contributed by atoms with Crippen molar-refractivity contribution in [3.05, 3.63) is 0 Å². The lowest BCUT2D eigenvalue weighted by Gasteiger charge is -2.24. The molecule has 0 radical (unpaired) electrons. The first-order valence-corrected chi connectivity index (χ1v) is 6.53. The van der Waals surface area contributed by atoms with Gasteiger partial charge in [-0.15, -0.1) is 0 Å². The van der Waals surface area contributed by atoms with Gasteiger partial charge in [0.05, 0.1) is 0 Å². The highest BCUT2D eigenvalue weighted by Gasteiger charge is 2.27. The molecule has 2 heterocycles. The van der Waals surface area contributed by atoms with E-state index in [1.807, 2.05) is 4.90 Å². The fourth-order valence-electron chi connectivity index (χ4n) is 2.81. The summed E-state index contributed by atoms with van der Waals surface area (Å²) >= 11 is 0. The molecule has 0 aromatic rings. The van der Waals surface area contributed by atoms with Gasteiger partial charge >= 0.3 is 0 Å². The summed E-state index contributed by atoms with van der Waals surface area (Å²) < 4.78 is 0. The normalized spacial score (nSPS) is 26.6. The Kier molecular flexibility index (Phi) is 4.18. The third-order valence-electron chi connectivity index (χ3n) is 3.81. The smallest absolute Gasteiger partial charge is 0.224 e. The molecule has 0 spiro atoms. The van der Waals surface area contributed by atoms with Crippen molar-refractivity contribution in [1.82, 2.24) is 9.80 Å². The Hall–Kier alpha value is -0.610. The Labute approximate surface area is 97.8 Å². The van der Waals surface area contributed by atoms with Crippen LogP contribution in [0, 0.1) is 0 Å². The van der Waals surface area contributed by atoms with Crippen LogP contribution in [0.15, 0.2) is 0 Å². The fraction of sp³-hybridized carbons (Fsp3) is 0.917. The van der Waals surface area contributed by atoms with Crippen LogP contribution in [0.4, 0.5) is 0 Å². The predicted octanol–water partition coefficient (Wildman–Crippen LogP) is 0.422. The molecule has 0 aromatic heterocycles. The van der Waals surface area contributed by atoms with Gasteiger partial charge in [-0.1, -0.05) is 0 Å². The molecule has 2 saturated heterocycles. The van der Waals surface area contributed by atoms with Crippen molar-refractivity contribution in [2.45, 2.75) is 38.1 Å². The summed E-state index contributed by atoms with van der Waals surface area (Å²) in [6.45, 7) is 4.82. The van der Waals surface area contributed by atoms with Crippen LogP contribution in [-0.2, 0) is 4.79 Å². The number of amides is 1. The summed E-state index contributed by atoms with van der Waals surface area (Å²) in [5.41, 5.74) is 5.68. The van der Waals surface area contributed by atoms with Gasteiger partial charge in [0.1, 0.15) is 0 Å². The molecule has 4 heteroatoms. The third-order valence-corrected chi connectivity index (χ3v) is 3.81. The van der Waals surface area contributed by atoms with Crippen LogP contribution in [0.1, 0.15) is 32.1 Å². The van der Waals surface area contributed by atoms with Crippen molar-refractivity contribution >= 4 is 5.91 Å². The number of hydrogen-bond donors (Lipinski definition) is 1. The molecular formula is C12H23N3O. The molecule has 0 aromatic carbocycles. The molecular weight excluding hydrogens is 202 g/mol. The van der Waals surface area contributed by atoms with E-state index < -0.39 is 0 Å². The Balaban J connectivity index is 1.74. The lowest BCUT2D eigenvalue weighted by atomic mass is 10.2. The first-order valence-electron chi connectivity index (χ1n) is 6.53. The molecule has 1 atom stereocenters. The lowest BCUT2D eigenvalue weighted by Crippen LogP contribution is -2.41. The minimum atomic E-state index is 0.305. The second-order valence-electron chi connectivity index (χ2n) is 4.92. The quantitative estimate of drug-likeness (QED) is 0.754. The second-order valence-corrected chi connectivity index (χ2v) is 4.92. The van der Waals surface area contributed by atoms with E-state index in [1.54, 1.807) is 0 Å². The molecule has 0 aliphatic carbocycles. The molecule has 2 aliphatic rings. The second kappa shape index (κ2) is 5.64. The summed E-state index contributed by atoms with van der Waals surface area (Å²) in [6.07, 6.45) is 5.48. The van der Waals surface area contributed by atoms with Crippen LogP contribution in [0.25, 0.3) is 0 Å². The molecule has 2 N–H and O–H groups in total. The van der Waals surface area contributed by atoms with Crippen LogP contribution < -0.4 is 5.73 Å². The zero-order valence-electron chi connectivity index (χ0n) is 10.0. The molecule has 2 aliphatic heterocycles. The maximum absolute atomic E-state index is 12.0. The number of hydrogen-bond acceptors (Lipinski definition) is 3. The van der Waals surface area contributed by atoms with Gasteiger partial charge in [-0.05, 0) is 38.8 Å². The SMILES string of the molecule is NCC1CCCN1C(=O)CCN1CCCC1. The zero-order valence-corrected chi connectivity index (χ0v) is 10.0. The lowest BCUT2D eigenvalue weighted by molar-refractivity contribution is -0.132. The van der Waals surface area contributed by atoms with Crippen LogP contribution in [0.2, 0.25) is 0 Å². The maximum atomic E-state index is 12.0. The summed E-state index contributed by atoms with van der Waals surface area (Å²) in [4.78, 5) is 16.4. The first kappa shape index (κ1) is 11.9. The molecule has 16 heavy (non-hydrogen) atoms. The fourth-order valence-corrected chi connectivity index (χ4v) is 2.81. The average Bonchev–Trinajstić information content (AvgIpc) is 2.96. The Morgan fingerprint density at radius 1 is 1.19 bits per heavy atom. The number of carbonyl (C=O) groups is 1. The van der Waals surface area contributed by atoms with E-state index in [0.29, 0.717) is 24.9 Å². The van der Waals surface area contributed by atoms with Gasteiger partial charge in [-0.2, -0.15) is 0 Å². The molecule has 1 unspecified atom stereocenters.